The molecule has 0 bridgehead atoms. The second-order valence-electron chi connectivity index (χ2n) is 7.63. The van der Waals surface area contributed by atoms with Gasteiger partial charge in [-0.05, 0) is 43.8 Å². The Kier molecular flexibility index (Phi) is 7.44. The first-order valence-corrected chi connectivity index (χ1v) is 10.3. The molecule has 2 aromatic rings. The number of hydrogen-bond acceptors (Lipinski definition) is 4. The lowest BCUT2D eigenvalue weighted by Gasteiger charge is -2.32. The molecule has 5 nitrogen and oxygen atoms in total. The molecular weight excluding hydrogens is 417 g/mol. The average Bonchev–Trinajstić information content (AvgIpc) is 2.70. The molecule has 3 rings (SSSR count). The van der Waals surface area contributed by atoms with Crippen LogP contribution in [0.4, 0.5) is 18.9 Å². The molecule has 1 saturated heterocycles. The second kappa shape index (κ2) is 9.85. The van der Waals surface area contributed by atoms with Crippen LogP contribution in [0.2, 0.25) is 5.02 Å². The number of alkyl halides is 3. The number of pyridine rings is 1. The van der Waals surface area contributed by atoms with E-state index in [2.05, 4.69) is 22.2 Å². The molecule has 0 atom stereocenters. The van der Waals surface area contributed by atoms with Crippen molar-refractivity contribution in [3.05, 3.63) is 63.0 Å². The minimum atomic E-state index is -4.56. The molecule has 1 aliphatic rings. The van der Waals surface area contributed by atoms with Crippen LogP contribution in [-0.4, -0.2) is 60.7 Å². The van der Waals surface area contributed by atoms with Crippen molar-refractivity contribution in [3.8, 4) is 0 Å². The van der Waals surface area contributed by atoms with Gasteiger partial charge in [0.1, 0.15) is 5.02 Å². The molecule has 1 N–H and O–H groups in total. The summed E-state index contributed by atoms with van der Waals surface area (Å²) in [7, 11) is 2.14. The first kappa shape index (κ1) is 22.7. The van der Waals surface area contributed by atoms with E-state index in [0.29, 0.717) is 6.07 Å². The zero-order chi connectivity index (χ0) is 21.7. The van der Waals surface area contributed by atoms with Gasteiger partial charge in [-0.3, -0.25) is 4.79 Å². The van der Waals surface area contributed by atoms with Crippen LogP contribution < -0.4 is 10.9 Å². The molecule has 0 amide bonds. The molecule has 0 saturated carbocycles. The van der Waals surface area contributed by atoms with Gasteiger partial charge in [0.25, 0.3) is 5.56 Å². The summed E-state index contributed by atoms with van der Waals surface area (Å²) in [5, 5.41) is 2.92. The van der Waals surface area contributed by atoms with Gasteiger partial charge in [0.05, 0.1) is 12.1 Å². The summed E-state index contributed by atoms with van der Waals surface area (Å²) in [4.78, 5) is 16.9. The lowest BCUT2D eigenvalue weighted by atomic mass is 10.2. The van der Waals surface area contributed by atoms with Gasteiger partial charge in [-0.1, -0.05) is 23.7 Å². The number of halogens is 4. The lowest BCUT2D eigenvalue weighted by molar-refractivity contribution is -0.138. The molecular formula is C21H26ClF3N4O. The number of likely N-dealkylation sites (N-methyl/N-ethyl adjacent to an activating group) is 1. The largest absolute Gasteiger partial charge is 0.417 e. The maximum atomic E-state index is 13.0. The van der Waals surface area contributed by atoms with E-state index < -0.39 is 22.3 Å². The van der Waals surface area contributed by atoms with Crippen LogP contribution >= 0.6 is 11.6 Å². The topological polar surface area (TPSA) is 40.5 Å². The van der Waals surface area contributed by atoms with E-state index in [9.17, 15) is 18.0 Å². The maximum absolute atomic E-state index is 13.0. The summed E-state index contributed by atoms with van der Waals surface area (Å²) in [5.74, 6) is 0. The summed E-state index contributed by atoms with van der Waals surface area (Å²) >= 11 is 5.70. The molecule has 1 aromatic heterocycles. The molecule has 164 valence electrons. The van der Waals surface area contributed by atoms with E-state index in [0.717, 1.165) is 67.7 Å². The van der Waals surface area contributed by atoms with Crippen molar-refractivity contribution in [1.29, 1.82) is 0 Å². The summed E-state index contributed by atoms with van der Waals surface area (Å²) in [5.41, 5.74) is 0.0727. The number of nitrogens with one attached hydrogen (secondary N) is 1. The molecule has 0 aliphatic carbocycles. The Morgan fingerprint density at radius 1 is 1.10 bits per heavy atom. The predicted octanol–water partition coefficient (Wildman–Crippen LogP) is 3.62. The van der Waals surface area contributed by atoms with E-state index in [4.69, 9.17) is 11.6 Å². The highest BCUT2D eigenvalue weighted by atomic mass is 35.5. The molecule has 1 fully saturated rings. The summed E-state index contributed by atoms with van der Waals surface area (Å²) in [6.07, 6.45) is -2.72. The van der Waals surface area contributed by atoms with Gasteiger partial charge in [-0.25, -0.2) is 0 Å². The minimum Gasteiger partial charge on any atom is -0.385 e. The van der Waals surface area contributed by atoms with Gasteiger partial charge in [0.2, 0.25) is 0 Å². The number of benzene rings is 1. The van der Waals surface area contributed by atoms with E-state index in [1.165, 1.54) is 0 Å². The third-order valence-electron chi connectivity index (χ3n) is 5.25. The molecule has 0 radical (unpaired) electrons. The molecule has 1 aromatic carbocycles. The molecule has 1 aliphatic heterocycles. The van der Waals surface area contributed by atoms with Crippen molar-refractivity contribution in [2.24, 2.45) is 0 Å². The normalized spacial score (nSPS) is 16.0. The first-order valence-electron chi connectivity index (χ1n) is 9.93. The number of rotatable bonds is 7. The Hall–Kier alpha value is -2.03. The predicted molar refractivity (Wildman–Crippen MR) is 113 cm³/mol. The zero-order valence-electron chi connectivity index (χ0n) is 16.9. The van der Waals surface area contributed by atoms with E-state index >= 15 is 0 Å². The molecule has 30 heavy (non-hydrogen) atoms. The van der Waals surface area contributed by atoms with E-state index in [1.807, 2.05) is 12.1 Å². The average molecular weight is 443 g/mol. The van der Waals surface area contributed by atoms with Gasteiger partial charge >= 0.3 is 6.18 Å². The van der Waals surface area contributed by atoms with Crippen LogP contribution in [0.1, 0.15) is 17.5 Å². The highest BCUT2D eigenvalue weighted by molar-refractivity contribution is 6.30. The maximum Gasteiger partial charge on any atom is 0.417 e. The fourth-order valence-electron chi connectivity index (χ4n) is 3.40. The molecule has 0 unspecified atom stereocenters. The van der Waals surface area contributed by atoms with Crippen LogP contribution in [0.3, 0.4) is 0 Å². The zero-order valence-corrected chi connectivity index (χ0v) is 17.6. The summed E-state index contributed by atoms with van der Waals surface area (Å²) in [6.45, 7) is 6.33. The molecule has 2 heterocycles. The van der Waals surface area contributed by atoms with Gasteiger partial charge in [-0.2, -0.15) is 13.2 Å². The van der Waals surface area contributed by atoms with Crippen molar-refractivity contribution in [1.82, 2.24) is 14.4 Å². The highest BCUT2D eigenvalue weighted by Gasteiger charge is 2.32. The van der Waals surface area contributed by atoms with E-state index in [-0.39, 0.29) is 6.54 Å². The Morgan fingerprint density at radius 2 is 1.77 bits per heavy atom. The molecule has 0 spiro atoms. The van der Waals surface area contributed by atoms with Crippen LogP contribution in [0.25, 0.3) is 0 Å². The van der Waals surface area contributed by atoms with Gasteiger partial charge < -0.3 is 19.7 Å². The number of hydrogen-bond donors (Lipinski definition) is 1. The minimum absolute atomic E-state index is 0.0200. The standard InChI is InChI=1S/C21H26ClF3N4O/c1-27-9-11-28(12-10-27)8-2-7-26-18-5-3-16(4-6-18)14-29-15-17(21(23,24)25)13-19(22)20(29)30/h3-6,13,15,26H,2,7-12,14H2,1H3. The SMILES string of the molecule is CN1CCN(CCCNc2ccc(Cn3cc(C(F)(F)F)cc(Cl)c3=O)cc2)CC1. The van der Waals surface area contributed by atoms with Crippen molar-refractivity contribution < 1.29 is 13.2 Å². The van der Waals surface area contributed by atoms with Crippen molar-refractivity contribution in [2.75, 3.05) is 51.6 Å². The van der Waals surface area contributed by atoms with Crippen LogP contribution in [0.5, 0.6) is 0 Å². The summed E-state index contributed by atoms with van der Waals surface area (Å²) in [6, 6.07) is 7.99. The monoisotopic (exact) mass is 442 g/mol. The Balaban J connectivity index is 1.52. The number of piperazine rings is 1. The fraction of sp³-hybridized carbons (Fsp3) is 0.476. The third-order valence-corrected chi connectivity index (χ3v) is 5.52. The quantitative estimate of drug-likeness (QED) is 0.665. The third kappa shape index (κ3) is 6.23. The lowest BCUT2D eigenvalue weighted by Crippen LogP contribution is -2.44. The first-order chi connectivity index (χ1) is 14.2. The highest BCUT2D eigenvalue weighted by Crippen LogP contribution is 2.29. The van der Waals surface area contributed by atoms with Gasteiger partial charge in [0, 0.05) is 44.6 Å². The Morgan fingerprint density at radius 3 is 2.40 bits per heavy atom. The Labute approximate surface area is 179 Å². The Bertz CT molecular complexity index is 891. The van der Waals surface area contributed by atoms with Crippen molar-refractivity contribution in [2.45, 2.75) is 19.1 Å². The second-order valence-corrected chi connectivity index (χ2v) is 8.04. The van der Waals surface area contributed by atoms with Crippen molar-refractivity contribution in [3.63, 3.8) is 0 Å². The summed E-state index contributed by atoms with van der Waals surface area (Å²) < 4.78 is 39.9. The van der Waals surface area contributed by atoms with Crippen molar-refractivity contribution >= 4 is 17.3 Å². The smallest absolute Gasteiger partial charge is 0.385 e. The van der Waals surface area contributed by atoms with E-state index in [1.54, 1.807) is 12.1 Å². The number of anilines is 1. The van der Waals surface area contributed by atoms with Crippen LogP contribution in [0, 0.1) is 0 Å². The van der Waals surface area contributed by atoms with Gasteiger partial charge in [0.15, 0.2) is 0 Å². The molecule has 9 heteroatoms. The van der Waals surface area contributed by atoms with Crippen LogP contribution in [0.15, 0.2) is 41.3 Å². The number of aromatic nitrogens is 1. The number of nitrogens with zero attached hydrogens (tertiary/aromatic N) is 3. The van der Waals surface area contributed by atoms with Gasteiger partial charge in [-0.15, -0.1) is 0 Å². The fourth-order valence-corrected chi connectivity index (χ4v) is 3.63. The van der Waals surface area contributed by atoms with Crippen LogP contribution in [-0.2, 0) is 12.7 Å².